The van der Waals surface area contributed by atoms with Crippen molar-refractivity contribution >= 4 is 23.4 Å². The van der Waals surface area contributed by atoms with E-state index in [1.54, 1.807) is 11.0 Å². The topological polar surface area (TPSA) is 81.9 Å². The van der Waals surface area contributed by atoms with Gasteiger partial charge in [0.2, 0.25) is 5.91 Å². The van der Waals surface area contributed by atoms with E-state index in [0.717, 1.165) is 5.56 Å². The Bertz CT molecular complexity index is 781. The minimum absolute atomic E-state index is 0.0690. The third-order valence-corrected chi connectivity index (χ3v) is 4.09. The fraction of sp³-hybridized carbons (Fsp3) is 0.263. The van der Waals surface area contributed by atoms with Gasteiger partial charge in [-0.1, -0.05) is 41.9 Å². The monoisotopic (exact) mass is 376 g/mol. The molecule has 2 aromatic carbocycles. The van der Waals surface area contributed by atoms with E-state index in [0.29, 0.717) is 23.6 Å². The van der Waals surface area contributed by atoms with Crippen LogP contribution in [0.15, 0.2) is 42.5 Å². The summed E-state index contributed by atoms with van der Waals surface area (Å²) in [4.78, 5) is 25.7. The summed E-state index contributed by atoms with van der Waals surface area (Å²) in [5, 5.41) is 0.268. The van der Waals surface area contributed by atoms with Crippen molar-refractivity contribution in [2.24, 2.45) is 5.73 Å². The number of hydrogen-bond acceptors (Lipinski definition) is 4. The van der Waals surface area contributed by atoms with Crippen LogP contribution in [0.3, 0.4) is 0 Å². The van der Waals surface area contributed by atoms with E-state index in [2.05, 4.69) is 0 Å². The zero-order chi connectivity index (χ0) is 19.1. The van der Waals surface area contributed by atoms with Gasteiger partial charge in [0.05, 0.1) is 19.2 Å². The molecule has 2 N–H and O–H groups in total. The lowest BCUT2D eigenvalue weighted by molar-refractivity contribution is -0.118. The maximum atomic E-state index is 13.0. The summed E-state index contributed by atoms with van der Waals surface area (Å²) in [6.45, 7) is 0.550. The van der Waals surface area contributed by atoms with Crippen LogP contribution in [0.25, 0.3) is 0 Å². The first kappa shape index (κ1) is 19.6. The van der Waals surface area contributed by atoms with Crippen molar-refractivity contribution in [3.63, 3.8) is 0 Å². The minimum atomic E-state index is -0.471. The molecule has 0 bridgehead atoms. The smallest absolute Gasteiger partial charge is 0.254 e. The number of hydrogen-bond donors (Lipinski definition) is 1. The van der Waals surface area contributed by atoms with E-state index in [-0.39, 0.29) is 23.9 Å². The number of halogens is 1. The van der Waals surface area contributed by atoms with Gasteiger partial charge in [-0.05, 0) is 17.7 Å². The van der Waals surface area contributed by atoms with Gasteiger partial charge in [-0.25, -0.2) is 0 Å². The molecule has 6 nitrogen and oxygen atoms in total. The van der Waals surface area contributed by atoms with Gasteiger partial charge in [-0.3, -0.25) is 9.59 Å². The first-order chi connectivity index (χ1) is 12.5. The Labute approximate surface area is 157 Å². The number of nitrogens with two attached hydrogens (primary N) is 1. The fourth-order valence-electron chi connectivity index (χ4n) is 2.53. The molecule has 0 spiro atoms. The summed E-state index contributed by atoms with van der Waals surface area (Å²) in [5.41, 5.74) is 6.53. The molecule has 0 aliphatic rings. The number of carbonyl (C=O) groups excluding carboxylic acids is 2. The Morgan fingerprint density at radius 3 is 2.38 bits per heavy atom. The van der Waals surface area contributed by atoms with Crippen molar-refractivity contribution < 1.29 is 19.1 Å². The van der Waals surface area contributed by atoms with Gasteiger partial charge in [0.1, 0.15) is 0 Å². The summed E-state index contributed by atoms with van der Waals surface area (Å²) < 4.78 is 10.4. The average Bonchev–Trinajstić information content (AvgIpc) is 2.64. The SMILES string of the molecule is COc1cc(C(=O)N(CCC(N)=O)Cc2ccccc2)cc(Cl)c1OC. The number of benzene rings is 2. The molecule has 26 heavy (non-hydrogen) atoms. The number of nitrogens with zero attached hydrogens (tertiary/aromatic N) is 1. The lowest BCUT2D eigenvalue weighted by Crippen LogP contribution is -2.33. The lowest BCUT2D eigenvalue weighted by atomic mass is 10.1. The van der Waals surface area contributed by atoms with Crippen molar-refractivity contribution in [1.29, 1.82) is 0 Å². The highest BCUT2D eigenvalue weighted by Crippen LogP contribution is 2.36. The Morgan fingerprint density at radius 1 is 1.12 bits per heavy atom. The van der Waals surface area contributed by atoms with Gasteiger partial charge < -0.3 is 20.1 Å². The lowest BCUT2D eigenvalue weighted by Gasteiger charge is -2.23. The number of methoxy groups -OCH3 is 2. The zero-order valence-electron chi connectivity index (χ0n) is 14.7. The maximum Gasteiger partial charge on any atom is 0.254 e. The van der Waals surface area contributed by atoms with Crippen LogP contribution in [0, 0.1) is 0 Å². The molecule has 0 unspecified atom stereocenters. The van der Waals surface area contributed by atoms with Crippen molar-refractivity contribution in [1.82, 2.24) is 4.90 Å². The third-order valence-electron chi connectivity index (χ3n) is 3.81. The molecule has 0 aliphatic carbocycles. The number of carbonyl (C=O) groups is 2. The molecule has 0 radical (unpaired) electrons. The van der Waals surface area contributed by atoms with Crippen molar-refractivity contribution in [3.05, 3.63) is 58.6 Å². The van der Waals surface area contributed by atoms with Crippen LogP contribution in [0.4, 0.5) is 0 Å². The first-order valence-corrected chi connectivity index (χ1v) is 8.37. The van der Waals surface area contributed by atoms with Gasteiger partial charge in [0.15, 0.2) is 11.5 Å². The second kappa shape index (κ2) is 9.10. The molecule has 0 fully saturated rings. The van der Waals surface area contributed by atoms with Crippen LogP contribution in [0.2, 0.25) is 5.02 Å². The van der Waals surface area contributed by atoms with Crippen LogP contribution < -0.4 is 15.2 Å². The Hall–Kier alpha value is -2.73. The number of rotatable bonds is 8. The normalized spacial score (nSPS) is 10.3. The molecule has 0 saturated heterocycles. The number of ether oxygens (including phenoxy) is 2. The molecule has 7 heteroatoms. The molecular weight excluding hydrogens is 356 g/mol. The molecular formula is C19H21ClN2O4. The maximum absolute atomic E-state index is 13.0. The third kappa shape index (κ3) is 4.89. The van der Waals surface area contributed by atoms with Gasteiger partial charge in [-0.15, -0.1) is 0 Å². The second-order valence-corrected chi connectivity index (χ2v) is 6.03. The number of amides is 2. The van der Waals surface area contributed by atoms with Crippen LogP contribution in [-0.4, -0.2) is 37.5 Å². The van der Waals surface area contributed by atoms with Crippen molar-refractivity contribution in [2.45, 2.75) is 13.0 Å². The van der Waals surface area contributed by atoms with Crippen molar-refractivity contribution in [3.8, 4) is 11.5 Å². The molecule has 2 rings (SSSR count). The Morgan fingerprint density at radius 2 is 1.81 bits per heavy atom. The van der Waals surface area contributed by atoms with E-state index < -0.39 is 5.91 Å². The molecule has 0 aliphatic heterocycles. The van der Waals surface area contributed by atoms with Gasteiger partial charge >= 0.3 is 0 Å². The van der Waals surface area contributed by atoms with Crippen LogP contribution >= 0.6 is 11.6 Å². The molecule has 138 valence electrons. The summed E-state index contributed by atoms with van der Waals surface area (Å²) in [7, 11) is 2.94. The summed E-state index contributed by atoms with van der Waals surface area (Å²) >= 11 is 6.20. The highest BCUT2D eigenvalue weighted by molar-refractivity contribution is 6.32. The van der Waals surface area contributed by atoms with E-state index >= 15 is 0 Å². The summed E-state index contributed by atoms with van der Waals surface area (Å²) in [6.07, 6.45) is 0.0690. The summed E-state index contributed by atoms with van der Waals surface area (Å²) in [5.74, 6) is -0.0328. The average molecular weight is 377 g/mol. The Kier molecular flexibility index (Phi) is 6.86. The van der Waals surface area contributed by atoms with Gasteiger partial charge in [0.25, 0.3) is 5.91 Å². The highest BCUT2D eigenvalue weighted by atomic mass is 35.5. The van der Waals surface area contributed by atoms with E-state index in [9.17, 15) is 9.59 Å². The van der Waals surface area contributed by atoms with Crippen LogP contribution in [-0.2, 0) is 11.3 Å². The van der Waals surface area contributed by atoms with Crippen molar-refractivity contribution in [2.75, 3.05) is 20.8 Å². The number of primary amides is 1. The molecule has 0 atom stereocenters. The standard InChI is InChI=1S/C19H21ClN2O4/c1-25-16-11-14(10-15(20)18(16)26-2)19(24)22(9-8-17(21)23)12-13-6-4-3-5-7-13/h3-7,10-11H,8-9,12H2,1-2H3,(H2,21,23). The van der Waals surface area contributed by atoms with Gasteiger partial charge in [-0.2, -0.15) is 0 Å². The van der Waals surface area contributed by atoms with E-state index in [4.69, 9.17) is 26.8 Å². The minimum Gasteiger partial charge on any atom is -0.493 e. The predicted octanol–water partition coefficient (Wildman–Crippen LogP) is 2.88. The second-order valence-electron chi connectivity index (χ2n) is 5.62. The fourth-order valence-corrected chi connectivity index (χ4v) is 2.81. The summed E-state index contributed by atoms with van der Waals surface area (Å²) in [6, 6.07) is 12.6. The largest absolute Gasteiger partial charge is 0.493 e. The van der Waals surface area contributed by atoms with E-state index in [1.165, 1.54) is 20.3 Å². The molecule has 0 heterocycles. The molecule has 2 aromatic rings. The molecule has 0 aromatic heterocycles. The van der Waals surface area contributed by atoms with E-state index in [1.807, 2.05) is 30.3 Å². The Balaban J connectivity index is 2.33. The van der Waals surface area contributed by atoms with Crippen LogP contribution in [0.5, 0.6) is 11.5 Å². The molecule has 2 amide bonds. The quantitative estimate of drug-likeness (QED) is 0.768. The highest BCUT2D eigenvalue weighted by Gasteiger charge is 2.21. The predicted molar refractivity (Wildman–Crippen MR) is 99.5 cm³/mol. The van der Waals surface area contributed by atoms with Gasteiger partial charge in [0, 0.05) is 25.1 Å². The molecule has 0 saturated carbocycles. The zero-order valence-corrected chi connectivity index (χ0v) is 15.5. The first-order valence-electron chi connectivity index (χ1n) is 7.99. The van der Waals surface area contributed by atoms with Crippen LogP contribution in [0.1, 0.15) is 22.3 Å².